The highest BCUT2D eigenvalue weighted by Gasteiger charge is 2.30. The van der Waals surface area contributed by atoms with E-state index in [1.807, 2.05) is 42.2 Å². The lowest BCUT2D eigenvalue weighted by atomic mass is 9.94. The van der Waals surface area contributed by atoms with Gasteiger partial charge >= 0.3 is 0 Å². The van der Waals surface area contributed by atoms with Crippen LogP contribution in [0, 0.1) is 11.7 Å². The topological polar surface area (TPSA) is 40.6 Å². The Labute approximate surface area is 159 Å². The second-order valence-corrected chi connectivity index (χ2v) is 6.84. The summed E-state index contributed by atoms with van der Waals surface area (Å²) in [5.41, 5.74) is 1.32. The maximum absolute atomic E-state index is 13.8. The molecule has 1 aliphatic heterocycles. The van der Waals surface area contributed by atoms with Gasteiger partial charge in [0.05, 0.1) is 6.42 Å². The summed E-state index contributed by atoms with van der Waals surface area (Å²) in [6.45, 7) is 3.67. The lowest BCUT2D eigenvalue weighted by Gasteiger charge is -2.34. The first kappa shape index (κ1) is 19.1. The van der Waals surface area contributed by atoms with Crippen LogP contribution in [0.25, 0.3) is 0 Å². The van der Waals surface area contributed by atoms with Crippen LogP contribution >= 0.6 is 0 Å². The highest BCUT2D eigenvalue weighted by atomic mass is 19.1. The molecule has 4 nitrogen and oxygen atoms in total. The maximum atomic E-state index is 13.8. The van der Waals surface area contributed by atoms with Crippen molar-refractivity contribution in [2.45, 2.75) is 26.2 Å². The van der Waals surface area contributed by atoms with E-state index in [1.165, 1.54) is 6.07 Å². The van der Waals surface area contributed by atoms with E-state index in [0.29, 0.717) is 38.0 Å². The van der Waals surface area contributed by atoms with Crippen molar-refractivity contribution in [3.63, 3.8) is 0 Å². The number of hydrogen-bond acceptors (Lipinski definition) is 2. The first-order valence-electron chi connectivity index (χ1n) is 9.47. The second kappa shape index (κ2) is 8.80. The number of nitrogens with zero attached hydrogens (tertiary/aromatic N) is 2. The van der Waals surface area contributed by atoms with Crippen molar-refractivity contribution in [3.05, 3.63) is 66.0 Å². The van der Waals surface area contributed by atoms with Gasteiger partial charge in [0.15, 0.2) is 0 Å². The molecule has 0 unspecified atom stereocenters. The van der Waals surface area contributed by atoms with E-state index >= 15 is 0 Å². The van der Waals surface area contributed by atoms with E-state index in [2.05, 4.69) is 0 Å². The van der Waals surface area contributed by atoms with Gasteiger partial charge in [0.2, 0.25) is 11.8 Å². The molecule has 142 valence electrons. The Morgan fingerprint density at radius 3 is 2.30 bits per heavy atom. The highest BCUT2D eigenvalue weighted by molar-refractivity contribution is 5.95. The van der Waals surface area contributed by atoms with Crippen molar-refractivity contribution in [3.8, 4) is 0 Å². The molecule has 0 aliphatic carbocycles. The van der Waals surface area contributed by atoms with E-state index < -0.39 is 0 Å². The Morgan fingerprint density at radius 1 is 1.04 bits per heavy atom. The van der Waals surface area contributed by atoms with Crippen LogP contribution < -0.4 is 4.90 Å². The normalized spacial score (nSPS) is 14.8. The van der Waals surface area contributed by atoms with Gasteiger partial charge < -0.3 is 9.80 Å². The third kappa shape index (κ3) is 4.54. The van der Waals surface area contributed by atoms with Gasteiger partial charge in [-0.1, -0.05) is 36.4 Å². The van der Waals surface area contributed by atoms with Crippen LogP contribution in [0.1, 0.15) is 25.3 Å². The van der Waals surface area contributed by atoms with Gasteiger partial charge in [-0.25, -0.2) is 4.39 Å². The minimum Gasteiger partial charge on any atom is -0.342 e. The fourth-order valence-electron chi connectivity index (χ4n) is 3.59. The van der Waals surface area contributed by atoms with Crippen LogP contribution in [0.4, 0.5) is 10.1 Å². The quantitative estimate of drug-likeness (QED) is 0.808. The van der Waals surface area contributed by atoms with E-state index in [1.54, 1.807) is 23.1 Å². The molecule has 0 aromatic heterocycles. The number of anilines is 1. The first-order chi connectivity index (χ1) is 13.1. The van der Waals surface area contributed by atoms with Crippen molar-refractivity contribution < 1.29 is 14.0 Å². The number of piperidine rings is 1. The smallest absolute Gasteiger partial charge is 0.230 e. The Morgan fingerprint density at radius 2 is 1.67 bits per heavy atom. The summed E-state index contributed by atoms with van der Waals surface area (Å²) in [7, 11) is 0. The van der Waals surface area contributed by atoms with E-state index in [9.17, 15) is 14.0 Å². The molecule has 27 heavy (non-hydrogen) atoms. The molecule has 1 heterocycles. The molecule has 1 fully saturated rings. The number of hydrogen-bond donors (Lipinski definition) is 0. The monoisotopic (exact) mass is 368 g/mol. The Bertz CT molecular complexity index is 786. The molecule has 0 atom stereocenters. The predicted molar refractivity (Wildman–Crippen MR) is 104 cm³/mol. The van der Waals surface area contributed by atoms with Gasteiger partial charge in [0.25, 0.3) is 0 Å². The highest BCUT2D eigenvalue weighted by Crippen LogP contribution is 2.24. The Hall–Kier alpha value is -2.69. The molecule has 5 heteroatoms. The zero-order valence-electron chi connectivity index (χ0n) is 15.6. The van der Waals surface area contributed by atoms with Crippen molar-refractivity contribution in [1.82, 2.24) is 4.90 Å². The summed E-state index contributed by atoms with van der Waals surface area (Å²) in [4.78, 5) is 28.9. The van der Waals surface area contributed by atoms with Crippen LogP contribution in [-0.2, 0) is 16.0 Å². The zero-order chi connectivity index (χ0) is 19.2. The number of benzene rings is 2. The third-order valence-corrected chi connectivity index (χ3v) is 5.15. The van der Waals surface area contributed by atoms with E-state index in [0.717, 1.165) is 5.69 Å². The van der Waals surface area contributed by atoms with Crippen LogP contribution in [0.15, 0.2) is 54.6 Å². The molecular formula is C22H25FN2O2. The van der Waals surface area contributed by atoms with Gasteiger partial charge in [-0.2, -0.15) is 0 Å². The van der Waals surface area contributed by atoms with Crippen molar-refractivity contribution in [2.24, 2.45) is 5.92 Å². The molecule has 2 amide bonds. The number of carbonyl (C=O) groups is 2. The molecule has 2 aromatic rings. The van der Waals surface area contributed by atoms with Crippen molar-refractivity contribution >= 4 is 17.5 Å². The van der Waals surface area contributed by atoms with Gasteiger partial charge in [-0.15, -0.1) is 0 Å². The third-order valence-electron chi connectivity index (χ3n) is 5.15. The molecule has 0 saturated carbocycles. The minimum atomic E-state index is -0.350. The molecule has 1 aliphatic rings. The summed E-state index contributed by atoms with van der Waals surface area (Å²) in [5, 5.41) is 0. The lowest BCUT2D eigenvalue weighted by molar-refractivity contribution is -0.134. The summed E-state index contributed by atoms with van der Waals surface area (Å²) in [5.74, 6) is -0.397. The fraction of sp³-hybridized carbons (Fsp3) is 0.364. The zero-order valence-corrected chi connectivity index (χ0v) is 15.6. The van der Waals surface area contributed by atoms with Gasteiger partial charge in [0, 0.05) is 31.2 Å². The van der Waals surface area contributed by atoms with Crippen LogP contribution in [0.3, 0.4) is 0 Å². The van der Waals surface area contributed by atoms with Crippen molar-refractivity contribution in [2.75, 3.05) is 24.5 Å². The average molecular weight is 368 g/mol. The van der Waals surface area contributed by atoms with Crippen LogP contribution in [-0.4, -0.2) is 36.3 Å². The maximum Gasteiger partial charge on any atom is 0.230 e. The molecular weight excluding hydrogens is 343 g/mol. The molecule has 3 rings (SSSR count). The fourth-order valence-corrected chi connectivity index (χ4v) is 3.59. The molecule has 0 N–H and O–H groups in total. The molecule has 0 spiro atoms. The summed E-state index contributed by atoms with van der Waals surface area (Å²) in [6.07, 6.45) is 1.35. The van der Waals surface area contributed by atoms with E-state index in [-0.39, 0.29) is 30.0 Å². The molecule has 0 bridgehead atoms. The minimum absolute atomic E-state index is 0.0659. The number of carbonyl (C=O) groups excluding carboxylic acids is 2. The number of likely N-dealkylation sites (tertiary alicyclic amines) is 1. The lowest BCUT2D eigenvalue weighted by Crippen LogP contribution is -2.45. The first-order valence-corrected chi connectivity index (χ1v) is 9.47. The SMILES string of the molecule is CCN(C(=O)C1CCN(C(=O)Cc2ccccc2F)CC1)c1ccccc1. The number of para-hydroxylation sites is 1. The summed E-state index contributed by atoms with van der Waals surface area (Å²) < 4.78 is 13.8. The van der Waals surface area contributed by atoms with Crippen molar-refractivity contribution in [1.29, 1.82) is 0 Å². The molecule has 2 aromatic carbocycles. The standard InChI is InChI=1S/C22H25FN2O2/c1-2-25(19-9-4-3-5-10-19)22(27)17-12-14-24(15-13-17)21(26)16-18-8-6-7-11-20(18)23/h3-11,17H,2,12-16H2,1H3. The predicted octanol–water partition coefficient (Wildman–Crippen LogP) is 3.66. The van der Waals surface area contributed by atoms with E-state index in [4.69, 9.17) is 0 Å². The second-order valence-electron chi connectivity index (χ2n) is 6.84. The van der Waals surface area contributed by atoms with Gasteiger partial charge in [-0.3, -0.25) is 9.59 Å². The number of rotatable bonds is 5. The summed E-state index contributed by atoms with van der Waals surface area (Å²) in [6, 6.07) is 16.0. The van der Waals surface area contributed by atoms with Gasteiger partial charge in [0.1, 0.15) is 5.82 Å². The average Bonchev–Trinajstić information content (AvgIpc) is 2.71. The van der Waals surface area contributed by atoms with Crippen LogP contribution in [0.5, 0.6) is 0 Å². The Balaban J connectivity index is 1.57. The largest absolute Gasteiger partial charge is 0.342 e. The molecule has 0 radical (unpaired) electrons. The van der Waals surface area contributed by atoms with Crippen LogP contribution in [0.2, 0.25) is 0 Å². The number of halogens is 1. The summed E-state index contributed by atoms with van der Waals surface area (Å²) >= 11 is 0. The molecule has 1 saturated heterocycles. The number of amides is 2. The Kier molecular flexibility index (Phi) is 6.22. The van der Waals surface area contributed by atoms with Gasteiger partial charge in [-0.05, 0) is 43.5 Å².